The van der Waals surface area contributed by atoms with Gasteiger partial charge in [0.15, 0.2) is 5.13 Å². The molecule has 0 unspecified atom stereocenters. The molecule has 2 aromatic heterocycles. The highest BCUT2D eigenvalue weighted by molar-refractivity contribution is 7.22. The van der Waals surface area contributed by atoms with Gasteiger partial charge in [-0.2, -0.15) is 0 Å². The first kappa shape index (κ1) is 18.7. The Morgan fingerprint density at radius 3 is 2.71 bits per heavy atom. The number of hydrogen-bond acceptors (Lipinski definition) is 5. The monoisotopic (exact) mass is 411 g/mol. The van der Waals surface area contributed by atoms with Crippen LogP contribution in [0.15, 0.2) is 47.0 Å². The fourth-order valence-electron chi connectivity index (χ4n) is 3.13. The van der Waals surface area contributed by atoms with E-state index < -0.39 is 0 Å². The van der Waals surface area contributed by atoms with Crippen LogP contribution in [0.4, 0.5) is 5.13 Å². The quantitative estimate of drug-likeness (QED) is 0.428. The number of anilines is 1. The Kier molecular flexibility index (Phi) is 4.91. The van der Waals surface area contributed by atoms with Gasteiger partial charge >= 0.3 is 0 Å². The minimum Gasteiger partial charge on any atom is -0.360 e. The van der Waals surface area contributed by atoms with Crippen LogP contribution in [0, 0.1) is 6.92 Å². The van der Waals surface area contributed by atoms with Gasteiger partial charge in [-0.15, -0.1) is 0 Å². The van der Waals surface area contributed by atoms with Gasteiger partial charge in [0, 0.05) is 5.56 Å². The summed E-state index contributed by atoms with van der Waals surface area (Å²) in [4.78, 5) is 17.7. The molecule has 7 heteroatoms. The van der Waals surface area contributed by atoms with Gasteiger partial charge in [-0.3, -0.25) is 10.1 Å². The molecule has 0 fully saturated rings. The number of benzene rings is 2. The summed E-state index contributed by atoms with van der Waals surface area (Å²) in [5, 5.41) is 7.99. The molecule has 142 valence electrons. The normalized spacial score (nSPS) is 11.3. The Bertz CT molecular complexity index is 1180. The third kappa shape index (κ3) is 3.30. The average Bonchev–Trinajstić information content (AvgIpc) is 3.24. The smallest absolute Gasteiger partial charge is 0.263 e. The van der Waals surface area contributed by atoms with E-state index in [1.807, 2.05) is 30.3 Å². The maximum Gasteiger partial charge on any atom is 0.263 e. The highest BCUT2D eigenvalue weighted by atomic mass is 35.5. The SMILES string of the molecule is Cc1onc(-c2ccccc2Cl)c1C(=O)Nc1nc2c(C(C)C)cccc2s1. The maximum absolute atomic E-state index is 13.0. The molecule has 0 radical (unpaired) electrons. The Morgan fingerprint density at radius 1 is 1.18 bits per heavy atom. The Labute approximate surface area is 171 Å². The molecule has 2 heterocycles. The standard InChI is InChI=1S/C21H18ClN3O2S/c1-11(2)13-8-6-10-16-18(13)23-21(28-16)24-20(26)17-12(3)27-25-19(17)14-7-4-5-9-15(14)22/h4-11H,1-3H3,(H,23,24,26). The lowest BCUT2D eigenvalue weighted by molar-refractivity contribution is 0.102. The number of carbonyl (C=O) groups excluding carboxylic acids is 1. The van der Waals surface area contributed by atoms with E-state index in [0.717, 1.165) is 15.8 Å². The Balaban J connectivity index is 1.71. The summed E-state index contributed by atoms with van der Waals surface area (Å²) in [6.07, 6.45) is 0. The summed E-state index contributed by atoms with van der Waals surface area (Å²) in [5.74, 6) is 0.455. The molecule has 0 aliphatic carbocycles. The number of nitrogens with one attached hydrogen (secondary N) is 1. The van der Waals surface area contributed by atoms with Crippen LogP contribution in [0.3, 0.4) is 0 Å². The van der Waals surface area contributed by atoms with E-state index in [9.17, 15) is 4.79 Å². The first-order valence-electron chi connectivity index (χ1n) is 8.87. The zero-order valence-electron chi connectivity index (χ0n) is 15.6. The van der Waals surface area contributed by atoms with Gasteiger partial charge in [-0.25, -0.2) is 4.98 Å². The summed E-state index contributed by atoms with van der Waals surface area (Å²) in [6.45, 7) is 5.96. The maximum atomic E-state index is 13.0. The number of fused-ring (bicyclic) bond motifs is 1. The molecular weight excluding hydrogens is 394 g/mol. The Hall–Kier alpha value is -2.70. The van der Waals surface area contributed by atoms with E-state index in [2.05, 4.69) is 35.4 Å². The second-order valence-electron chi connectivity index (χ2n) is 6.76. The zero-order valence-corrected chi connectivity index (χ0v) is 17.2. The molecule has 0 spiro atoms. The molecule has 0 atom stereocenters. The lowest BCUT2D eigenvalue weighted by Gasteiger charge is -2.05. The van der Waals surface area contributed by atoms with Crippen LogP contribution in [0.5, 0.6) is 0 Å². The number of amides is 1. The minimum absolute atomic E-state index is 0.321. The summed E-state index contributed by atoms with van der Waals surface area (Å²) < 4.78 is 6.32. The first-order valence-corrected chi connectivity index (χ1v) is 10.1. The van der Waals surface area contributed by atoms with Crippen molar-refractivity contribution in [2.24, 2.45) is 0 Å². The number of aromatic nitrogens is 2. The number of nitrogens with zero attached hydrogens (tertiary/aromatic N) is 2. The summed E-state index contributed by atoms with van der Waals surface area (Å²) in [5.41, 5.74) is 3.51. The van der Waals surface area contributed by atoms with Crippen LogP contribution in [-0.4, -0.2) is 16.0 Å². The topological polar surface area (TPSA) is 68.0 Å². The molecule has 0 bridgehead atoms. The van der Waals surface area contributed by atoms with Crippen LogP contribution in [0.1, 0.15) is 41.4 Å². The van der Waals surface area contributed by atoms with Crippen molar-refractivity contribution in [3.8, 4) is 11.3 Å². The summed E-state index contributed by atoms with van der Waals surface area (Å²) in [6, 6.07) is 13.3. The molecule has 0 aliphatic rings. The van der Waals surface area contributed by atoms with Crippen molar-refractivity contribution in [3.05, 3.63) is 64.4 Å². The van der Waals surface area contributed by atoms with Crippen molar-refractivity contribution in [2.45, 2.75) is 26.7 Å². The minimum atomic E-state index is -0.321. The van der Waals surface area contributed by atoms with Gasteiger partial charge in [0.2, 0.25) is 0 Å². The third-order valence-electron chi connectivity index (χ3n) is 4.51. The molecule has 28 heavy (non-hydrogen) atoms. The highest BCUT2D eigenvalue weighted by Gasteiger charge is 2.24. The van der Waals surface area contributed by atoms with Crippen molar-refractivity contribution in [2.75, 3.05) is 5.32 Å². The third-order valence-corrected chi connectivity index (χ3v) is 5.78. The second-order valence-corrected chi connectivity index (χ2v) is 8.20. The molecule has 0 aliphatic heterocycles. The van der Waals surface area contributed by atoms with Gasteiger partial charge in [0.25, 0.3) is 5.91 Å². The molecule has 5 nitrogen and oxygen atoms in total. The average molecular weight is 412 g/mol. The first-order chi connectivity index (χ1) is 13.5. The van der Waals surface area contributed by atoms with Crippen molar-refractivity contribution >= 4 is 44.2 Å². The molecule has 1 amide bonds. The van der Waals surface area contributed by atoms with Gasteiger partial charge < -0.3 is 4.52 Å². The van der Waals surface area contributed by atoms with Gasteiger partial charge in [-0.1, -0.05) is 72.3 Å². The lowest BCUT2D eigenvalue weighted by Crippen LogP contribution is -2.13. The van der Waals surface area contributed by atoms with E-state index in [4.69, 9.17) is 16.1 Å². The van der Waals surface area contributed by atoms with E-state index in [-0.39, 0.29) is 5.91 Å². The number of aryl methyl sites for hydroxylation is 1. The van der Waals surface area contributed by atoms with Crippen LogP contribution < -0.4 is 5.32 Å². The van der Waals surface area contributed by atoms with E-state index >= 15 is 0 Å². The molecule has 0 saturated carbocycles. The van der Waals surface area contributed by atoms with Crippen molar-refractivity contribution in [1.82, 2.24) is 10.1 Å². The summed E-state index contributed by atoms with van der Waals surface area (Å²) >= 11 is 7.73. The van der Waals surface area contributed by atoms with Gasteiger partial charge in [0.05, 0.1) is 15.2 Å². The predicted octanol–water partition coefficient (Wildman–Crippen LogP) is 6.29. The van der Waals surface area contributed by atoms with E-state index in [0.29, 0.717) is 38.7 Å². The number of para-hydroxylation sites is 1. The molecule has 4 rings (SSSR count). The highest BCUT2D eigenvalue weighted by Crippen LogP contribution is 2.34. The lowest BCUT2D eigenvalue weighted by atomic mass is 10.0. The number of thiazole rings is 1. The van der Waals surface area contributed by atoms with Gasteiger partial charge in [-0.05, 0) is 30.5 Å². The largest absolute Gasteiger partial charge is 0.360 e. The Morgan fingerprint density at radius 2 is 1.96 bits per heavy atom. The number of halogens is 1. The molecule has 0 saturated heterocycles. The molecular formula is C21H18ClN3O2S. The predicted molar refractivity (Wildman–Crippen MR) is 113 cm³/mol. The van der Waals surface area contributed by atoms with Crippen LogP contribution in [0.25, 0.3) is 21.5 Å². The van der Waals surface area contributed by atoms with Crippen molar-refractivity contribution in [1.29, 1.82) is 0 Å². The summed E-state index contributed by atoms with van der Waals surface area (Å²) in [7, 11) is 0. The molecule has 1 N–H and O–H groups in total. The van der Waals surface area contributed by atoms with E-state index in [1.54, 1.807) is 13.0 Å². The van der Waals surface area contributed by atoms with Crippen molar-refractivity contribution < 1.29 is 9.32 Å². The zero-order chi connectivity index (χ0) is 19.8. The van der Waals surface area contributed by atoms with Crippen LogP contribution in [0.2, 0.25) is 5.02 Å². The van der Waals surface area contributed by atoms with Crippen LogP contribution in [-0.2, 0) is 0 Å². The van der Waals surface area contributed by atoms with Crippen molar-refractivity contribution in [3.63, 3.8) is 0 Å². The van der Waals surface area contributed by atoms with E-state index in [1.165, 1.54) is 11.3 Å². The molecule has 4 aromatic rings. The fraction of sp³-hybridized carbons (Fsp3) is 0.190. The van der Waals surface area contributed by atoms with Gasteiger partial charge in [0.1, 0.15) is 17.0 Å². The second kappa shape index (κ2) is 7.37. The number of hydrogen-bond donors (Lipinski definition) is 1. The van der Waals surface area contributed by atoms with Crippen LogP contribution >= 0.6 is 22.9 Å². The number of carbonyl (C=O) groups is 1. The fourth-order valence-corrected chi connectivity index (χ4v) is 4.25. The molecule has 2 aromatic carbocycles. The number of rotatable bonds is 4.